The monoisotopic (exact) mass is 343 g/mol. The molecule has 1 aliphatic heterocycles. The molecule has 1 saturated heterocycles. The lowest BCUT2D eigenvalue weighted by Gasteiger charge is -2.32. The smallest absolute Gasteiger partial charge is 0.231 e. The summed E-state index contributed by atoms with van der Waals surface area (Å²) < 4.78 is 1.08. The summed E-state index contributed by atoms with van der Waals surface area (Å²) in [6, 6.07) is 6.05. The largest absolute Gasteiger partial charge is 0.342 e. The minimum Gasteiger partial charge on any atom is -0.342 e. The molecule has 6 heteroatoms. The predicted molar refractivity (Wildman–Crippen MR) is 95.0 cm³/mol. The van der Waals surface area contributed by atoms with Gasteiger partial charge in [-0.05, 0) is 44.2 Å². The first kappa shape index (κ1) is 15.6. The minimum atomic E-state index is -0.130. The van der Waals surface area contributed by atoms with Gasteiger partial charge in [-0.3, -0.25) is 9.59 Å². The number of hydrogen-bond donors (Lipinski definition) is 1. The van der Waals surface area contributed by atoms with Gasteiger partial charge in [0.15, 0.2) is 5.13 Å². The fourth-order valence-corrected chi connectivity index (χ4v) is 4.27. The van der Waals surface area contributed by atoms with Crippen molar-refractivity contribution in [3.63, 3.8) is 0 Å². The topological polar surface area (TPSA) is 62.3 Å². The van der Waals surface area contributed by atoms with Gasteiger partial charge in [0, 0.05) is 19.0 Å². The average molecular weight is 343 g/mol. The molecule has 0 bridgehead atoms. The van der Waals surface area contributed by atoms with E-state index >= 15 is 0 Å². The molecule has 1 aromatic heterocycles. The van der Waals surface area contributed by atoms with Gasteiger partial charge in [-0.15, -0.1) is 0 Å². The van der Waals surface area contributed by atoms with Crippen LogP contribution in [0.4, 0.5) is 5.13 Å². The third kappa shape index (κ3) is 3.02. The van der Waals surface area contributed by atoms with Crippen LogP contribution in [-0.2, 0) is 9.59 Å². The normalized spacial score (nSPS) is 21.0. The van der Waals surface area contributed by atoms with Crippen molar-refractivity contribution in [2.75, 3.05) is 18.4 Å². The molecule has 0 radical (unpaired) electrons. The summed E-state index contributed by atoms with van der Waals surface area (Å²) in [5.74, 6) is 0.316. The zero-order valence-corrected chi connectivity index (χ0v) is 14.6. The highest BCUT2D eigenvalue weighted by atomic mass is 32.1. The summed E-state index contributed by atoms with van der Waals surface area (Å²) >= 11 is 1.50. The Morgan fingerprint density at radius 3 is 2.83 bits per heavy atom. The molecule has 0 spiro atoms. The second-order valence-corrected chi connectivity index (χ2v) is 7.86. The van der Waals surface area contributed by atoms with Crippen LogP contribution >= 0.6 is 11.3 Å². The third-order valence-corrected chi connectivity index (χ3v) is 5.82. The number of amides is 2. The van der Waals surface area contributed by atoms with Gasteiger partial charge in [-0.1, -0.05) is 23.5 Å². The van der Waals surface area contributed by atoms with Crippen LogP contribution in [0.25, 0.3) is 10.2 Å². The maximum atomic E-state index is 12.6. The summed E-state index contributed by atoms with van der Waals surface area (Å²) in [4.78, 5) is 31.3. The van der Waals surface area contributed by atoms with Crippen molar-refractivity contribution < 1.29 is 9.59 Å². The molecule has 24 heavy (non-hydrogen) atoms. The molecule has 1 aromatic carbocycles. The van der Waals surface area contributed by atoms with E-state index in [-0.39, 0.29) is 23.7 Å². The molecule has 0 unspecified atom stereocenters. The second kappa shape index (κ2) is 6.16. The summed E-state index contributed by atoms with van der Waals surface area (Å²) in [6.07, 6.45) is 3.76. The molecule has 2 aliphatic rings. The van der Waals surface area contributed by atoms with Gasteiger partial charge < -0.3 is 10.2 Å². The molecule has 5 nitrogen and oxygen atoms in total. The summed E-state index contributed by atoms with van der Waals surface area (Å²) in [5, 5.41) is 3.61. The van der Waals surface area contributed by atoms with Gasteiger partial charge in [0.05, 0.1) is 16.1 Å². The number of likely N-dealkylation sites (tertiary alicyclic amines) is 1. The van der Waals surface area contributed by atoms with Gasteiger partial charge in [0.25, 0.3) is 0 Å². The van der Waals surface area contributed by atoms with E-state index in [1.807, 2.05) is 30.0 Å². The zero-order chi connectivity index (χ0) is 16.7. The Bertz CT molecular complexity index is 797. The first-order valence-electron chi connectivity index (χ1n) is 8.57. The molecule has 1 aliphatic carbocycles. The maximum Gasteiger partial charge on any atom is 0.231 e. The number of aromatic nitrogens is 1. The Kier molecular flexibility index (Phi) is 4.00. The highest BCUT2D eigenvalue weighted by Gasteiger charge is 2.36. The Hall–Kier alpha value is -1.95. The first-order chi connectivity index (χ1) is 11.6. The zero-order valence-electron chi connectivity index (χ0n) is 13.7. The molecule has 2 fully saturated rings. The molecular formula is C18H21N3O2S. The van der Waals surface area contributed by atoms with E-state index < -0.39 is 0 Å². The number of hydrogen-bond acceptors (Lipinski definition) is 4. The van der Waals surface area contributed by atoms with Crippen LogP contribution < -0.4 is 5.32 Å². The molecule has 1 saturated carbocycles. The number of fused-ring (bicyclic) bond motifs is 1. The van der Waals surface area contributed by atoms with E-state index in [4.69, 9.17) is 0 Å². The molecule has 1 atom stereocenters. The fraction of sp³-hybridized carbons (Fsp3) is 0.500. The number of aryl methyl sites for hydroxylation is 1. The number of benzene rings is 1. The predicted octanol–water partition coefficient (Wildman–Crippen LogP) is 3.19. The number of nitrogens with zero attached hydrogens (tertiary/aromatic N) is 2. The standard InChI is InChI=1S/C18H21N3O2S/c1-11-4-2-6-14-15(11)19-18(24-14)20-16(22)13-5-3-9-21(10-13)17(23)12-7-8-12/h2,4,6,12-13H,3,5,7-10H2,1H3,(H,19,20,22)/t13-/m0/s1. The third-order valence-electron chi connectivity index (χ3n) is 4.88. The Balaban J connectivity index is 1.44. The van der Waals surface area contributed by atoms with E-state index in [0.717, 1.165) is 48.0 Å². The van der Waals surface area contributed by atoms with Crippen molar-refractivity contribution in [3.8, 4) is 0 Å². The van der Waals surface area contributed by atoms with Crippen LogP contribution in [0.3, 0.4) is 0 Å². The van der Waals surface area contributed by atoms with Crippen molar-refractivity contribution in [1.82, 2.24) is 9.88 Å². The van der Waals surface area contributed by atoms with Crippen LogP contribution in [0.5, 0.6) is 0 Å². The van der Waals surface area contributed by atoms with Gasteiger partial charge in [0.2, 0.25) is 11.8 Å². The van der Waals surface area contributed by atoms with Crippen molar-refractivity contribution in [2.45, 2.75) is 32.6 Å². The van der Waals surface area contributed by atoms with Crippen LogP contribution in [-0.4, -0.2) is 34.8 Å². The number of nitrogens with one attached hydrogen (secondary N) is 1. The number of carbonyl (C=O) groups excluding carboxylic acids is 2. The molecule has 2 aromatic rings. The van der Waals surface area contributed by atoms with E-state index in [0.29, 0.717) is 11.7 Å². The molecule has 2 heterocycles. The fourth-order valence-electron chi connectivity index (χ4n) is 3.33. The Labute approximate surface area is 145 Å². The van der Waals surface area contributed by atoms with Crippen molar-refractivity contribution >= 4 is 38.5 Å². The number of thiazole rings is 1. The Morgan fingerprint density at radius 2 is 2.08 bits per heavy atom. The van der Waals surface area contributed by atoms with Crippen molar-refractivity contribution in [3.05, 3.63) is 23.8 Å². The summed E-state index contributed by atoms with van der Waals surface area (Å²) in [7, 11) is 0. The lowest BCUT2D eigenvalue weighted by atomic mass is 9.97. The van der Waals surface area contributed by atoms with Crippen LogP contribution in [0.2, 0.25) is 0 Å². The summed E-state index contributed by atoms with van der Waals surface area (Å²) in [5.41, 5.74) is 2.06. The van der Waals surface area contributed by atoms with Gasteiger partial charge in [0.1, 0.15) is 0 Å². The number of para-hydroxylation sites is 1. The highest BCUT2D eigenvalue weighted by molar-refractivity contribution is 7.22. The summed E-state index contributed by atoms with van der Waals surface area (Å²) in [6.45, 7) is 3.36. The van der Waals surface area contributed by atoms with E-state index in [2.05, 4.69) is 10.3 Å². The number of anilines is 1. The number of carbonyl (C=O) groups is 2. The van der Waals surface area contributed by atoms with Gasteiger partial charge >= 0.3 is 0 Å². The molecule has 126 valence electrons. The van der Waals surface area contributed by atoms with Gasteiger partial charge in [-0.25, -0.2) is 4.98 Å². The molecule has 4 rings (SSSR count). The Morgan fingerprint density at radius 1 is 1.25 bits per heavy atom. The number of piperidine rings is 1. The SMILES string of the molecule is Cc1cccc2sc(NC(=O)[C@H]3CCCN(C(=O)C4CC4)C3)nc12. The maximum absolute atomic E-state index is 12.6. The van der Waals surface area contributed by atoms with Crippen LogP contribution in [0.1, 0.15) is 31.2 Å². The minimum absolute atomic E-state index is 0.0139. The van der Waals surface area contributed by atoms with Crippen molar-refractivity contribution in [2.24, 2.45) is 11.8 Å². The van der Waals surface area contributed by atoms with Crippen LogP contribution in [0.15, 0.2) is 18.2 Å². The molecular weight excluding hydrogens is 322 g/mol. The van der Waals surface area contributed by atoms with Crippen LogP contribution in [0, 0.1) is 18.8 Å². The average Bonchev–Trinajstić information content (AvgIpc) is 3.35. The lowest BCUT2D eigenvalue weighted by Crippen LogP contribution is -2.44. The van der Waals surface area contributed by atoms with E-state index in [1.165, 1.54) is 11.3 Å². The van der Waals surface area contributed by atoms with E-state index in [1.54, 1.807) is 0 Å². The first-order valence-corrected chi connectivity index (χ1v) is 9.39. The molecule has 1 N–H and O–H groups in total. The highest BCUT2D eigenvalue weighted by Crippen LogP contribution is 2.33. The second-order valence-electron chi connectivity index (χ2n) is 6.83. The van der Waals surface area contributed by atoms with Crippen molar-refractivity contribution in [1.29, 1.82) is 0 Å². The number of rotatable bonds is 3. The molecule has 2 amide bonds. The quantitative estimate of drug-likeness (QED) is 0.931. The lowest BCUT2D eigenvalue weighted by molar-refractivity contribution is -0.135. The van der Waals surface area contributed by atoms with E-state index in [9.17, 15) is 9.59 Å². The van der Waals surface area contributed by atoms with Gasteiger partial charge in [-0.2, -0.15) is 0 Å².